The van der Waals surface area contributed by atoms with Crippen LogP contribution in [0.3, 0.4) is 0 Å². The Morgan fingerprint density at radius 3 is 2.15 bits per heavy atom. The van der Waals surface area contributed by atoms with Gasteiger partial charge in [-0.15, -0.1) is 0 Å². The second-order valence-electron chi connectivity index (χ2n) is 5.86. The smallest absolute Gasteiger partial charge is 0.338 e. The van der Waals surface area contributed by atoms with E-state index in [2.05, 4.69) is 5.32 Å². The molecule has 2 aromatic rings. The summed E-state index contributed by atoms with van der Waals surface area (Å²) < 4.78 is 15.7. The lowest BCUT2D eigenvalue weighted by Crippen LogP contribution is -2.44. The number of esters is 1. The van der Waals surface area contributed by atoms with Gasteiger partial charge in [0.2, 0.25) is 5.75 Å². The molecular formula is C20H25NO5. The van der Waals surface area contributed by atoms with Gasteiger partial charge in [-0.2, -0.15) is 0 Å². The zero-order valence-corrected chi connectivity index (χ0v) is 15.5. The zero-order valence-electron chi connectivity index (χ0n) is 15.5. The number of benzene rings is 2. The number of carbonyl (C=O) groups is 1. The molecule has 0 aliphatic carbocycles. The van der Waals surface area contributed by atoms with Gasteiger partial charge < -0.3 is 24.6 Å². The largest absolute Gasteiger partial charge is 0.502 e. The van der Waals surface area contributed by atoms with Crippen LogP contribution in [0, 0.1) is 0 Å². The Bertz CT molecular complexity index is 716. The van der Waals surface area contributed by atoms with Crippen molar-refractivity contribution in [1.82, 2.24) is 5.32 Å². The summed E-state index contributed by atoms with van der Waals surface area (Å²) in [5.41, 5.74) is 0.798. The van der Waals surface area contributed by atoms with Gasteiger partial charge in [-0.1, -0.05) is 37.3 Å². The first-order chi connectivity index (χ1) is 12.5. The molecule has 140 valence electrons. The van der Waals surface area contributed by atoms with Crippen LogP contribution in [0.2, 0.25) is 0 Å². The summed E-state index contributed by atoms with van der Waals surface area (Å²) in [4.78, 5) is 12.6. The average molecular weight is 359 g/mol. The standard InChI is InChI=1S/C20H25NO5/c1-5-20(21-2,15-9-7-6-8-10-15)13-26-19(23)14-11-16(24-3)18(22)17(12-14)25-4/h6-12,21-22H,5,13H2,1-4H3. The van der Waals surface area contributed by atoms with Gasteiger partial charge in [-0.25, -0.2) is 4.79 Å². The molecule has 2 rings (SSSR count). The quantitative estimate of drug-likeness (QED) is 0.706. The summed E-state index contributed by atoms with van der Waals surface area (Å²) in [6, 6.07) is 12.7. The molecule has 6 heteroatoms. The number of likely N-dealkylation sites (N-methyl/N-ethyl adjacent to an activating group) is 1. The normalized spacial score (nSPS) is 12.9. The summed E-state index contributed by atoms with van der Waals surface area (Å²) in [5, 5.41) is 13.2. The van der Waals surface area contributed by atoms with Crippen LogP contribution in [0.25, 0.3) is 0 Å². The van der Waals surface area contributed by atoms with Crippen LogP contribution in [-0.2, 0) is 10.3 Å². The lowest BCUT2D eigenvalue weighted by atomic mass is 9.88. The van der Waals surface area contributed by atoms with Crippen LogP contribution in [0.4, 0.5) is 0 Å². The molecule has 2 aromatic carbocycles. The van der Waals surface area contributed by atoms with E-state index in [0.717, 1.165) is 12.0 Å². The Morgan fingerprint density at radius 2 is 1.69 bits per heavy atom. The van der Waals surface area contributed by atoms with Gasteiger partial charge in [0.15, 0.2) is 11.5 Å². The number of phenols is 1. The van der Waals surface area contributed by atoms with Gasteiger partial charge >= 0.3 is 5.97 Å². The first kappa shape index (κ1) is 19.6. The highest BCUT2D eigenvalue weighted by molar-refractivity contribution is 5.91. The Hall–Kier alpha value is -2.73. The van der Waals surface area contributed by atoms with Gasteiger partial charge in [-0.3, -0.25) is 0 Å². The number of hydrogen-bond donors (Lipinski definition) is 2. The zero-order chi connectivity index (χ0) is 19.2. The molecule has 0 fully saturated rings. The van der Waals surface area contributed by atoms with E-state index < -0.39 is 11.5 Å². The number of nitrogens with one attached hydrogen (secondary N) is 1. The van der Waals surface area contributed by atoms with Gasteiger partial charge in [0.25, 0.3) is 0 Å². The Kier molecular flexibility index (Phi) is 6.46. The average Bonchev–Trinajstić information content (AvgIpc) is 2.70. The van der Waals surface area contributed by atoms with E-state index in [1.165, 1.54) is 26.4 Å². The van der Waals surface area contributed by atoms with E-state index in [-0.39, 0.29) is 29.4 Å². The van der Waals surface area contributed by atoms with Crippen LogP contribution >= 0.6 is 0 Å². The topological polar surface area (TPSA) is 77.0 Å². The molecule has 0 bridgehead atoms. The summed E-state index contributed by atoms with van der Waals surface area (Å²) in [6.45, 7) is 2.19. The van der Waals surface area contributed by atoms with Crippen LogP contribution in [0.1, 0.15) is 29.3 Å². The summed E-state index contributed by atoms with van der Waals surface area (Å²) in [7, 11) is 4.65. The van der Waals surface area contributed by atoms with Crippen molar-refractivity contribution in [1.29, 1.82) is 0 Å². The highest BCUT2D eigenvalue weighted by atomic mass is 16.5. The first-order valence-electron chi connectivity index (χ1n) is 8.37. The molecule has 0 heterocycles. The fourth-order valence-electron chi connectivity index (χ4n) is 2.82. The van der Waals surface area contributed by atoms with Gasteiger partial charge in [0, 0.05) is 0 Å². The second-order valence-corrected chi connectivity index (χ2v) is 5.86. The summed E-state index contributed by atoms with van der Waals surface area (Å²) in [6.07, 6.45) is 0.739. The Balaban J connectivity index is 2.24. The number of hydrogen-bond acceptors (Lipinski definition) is 6. The number of carbonyl (C=O) groups excluding carboxylic acids is 1. The molecule has 0 aliphatic rings. The Labute approximate surface area is 153 Å². The molecule has 0 saturated heterocycles. The minimum absolute atomic E-state index is 0.148. The predicted octanol–water partition coefficient (Wildman–Crippen LogP) is 3.09. The van der Waals surface area contributed by atoms with E-state index in [4.69, 9.17) is 14.2 Å². The highest BCUT2D eigenvalue weighted by Crippen LogP contribution is 2.37. The molecule has 0 radical (unpaired) electrons. The maximum atomic E-state index is 12.6. The molecule has 1 atom stereocenters. The third-order valence-electron chi connectivity index (χ3n) is 4.57. The van der Waals surface area contributed by atoms with Crippen molar-refractivity contribution >= 4 is 5.97 Å². The van der Waals surface area contributed by atoms with Gasteiger partial charge in [-0.05, 0) is 31.2 Å². The monoisotopic (exact) mass is 359 g/mol. The molecule has 6 nitrogen and oxygen atoms in total. The molecule has 2 N–H and O–H groups in total. The van der Waals surface area contributed by atoms with Crippen LogP contribution in [-0.4, -0.2) is 38.9 Å². The fourth-order valence-corrected chi connectivity index (χ4v) is 2.82. The van der Waals surface area contributed by atoms with Crippen molar-refractivity contribution in [2.24, 2.45) is 0 Å². The number of rotatable bonds is 8. The van der Waals surface area contributed by atoms with Crippen LogP contribution in [0.15, 0.2) is 42.5 Å². The van der Waals surface area contributed by atoms with Crippen LogP contribution < -0.4 is 14.8 Å². The molecule has 0 spiro atoms. The minimum atomic E-state index is -0.523. The highest BCUT2D eigenvalue weighted by Gasteiger charge is 2.30. The van der Waals surface area contributed by atoms with E-state index in [1.54, 1.807) is 0 Å². The van der Waals surface area contributed by atoms with Crippen LogP contribution in [0.5, 0.6) is 17.2 Å². The van der Waals surface area contributed by atoms with Crippen molar-refractivity contribution < 1.29 is 24.1 Å². The predicted molar refractivity (Wildman–Crippen MR) is 99.0 cm³/mol. The SMILES string of the molecule is CCC(COC(=O)c1cc(OC)c(O)c(OC)c1)(NC)c1ccccc1. The minimum Gasteiger partial charge on any atom is -0.502 e. The molecule has 26 heavy (non-hydrogen) atoms. The number of methoxy groups -OCH3 is 2. The second kappa shape index (κ2) is 8.58. The number of ether oxygens (including phenoxy) is 3. The number of aromatic hydroxyl groups is 1. The molecule has 0 aliphatic heterocycles. The number of phenolic OH excluding ortho intramolecular Hbond substituents is 1. The van der Waals surface area contributed by atoms with Gasteiger partial charge in [0.1, 0.15) is 6.61 Å². The molecule has 0 saturated carbocycles. The van der Waals surface area contributed by atoms with Crippen molar-refractivity contribution in [3.05, 3.63) is 53.6 Å². The Morgan fingerprint density at radius 1 is 1.12 bits per heavy atom. The maximum Gasteiger partial charge on any atom is 0.338 e. The summed E-state index contributed by atoms with van der Waals surface area (Å²) >= 11 is 0. The van der Waals surface area contributed by atoms with Gasteiger partial charge in [0.05, 0.1) is 25.3 Å². The molecule has 1 unspecified atom stereocenters. The van der Waals surface area contributed by atoms with E-state index in [0.29, 0.717) is 0 Å². The lowest BCUT2D eigenvalue weighted by Gasteiger charge is -2.32. The van der Waals surface area contributed by atoms with Crippen molar-refractivity contribution in [3.63, 3.8) is 0 Å². The third-order valence-corrected chi connectivity index (χ3v) is 4.57. The fraction of sp³-hybridized carbons (Fsp3) is 0.350. The first-order valence-corrected chi connectivity index (χ1v) is 8.37. The maximum absolute atomic E-state index is 12.6. The van der Waals surface area contributed by atoms with E-state index in [9.17, 15) is 9.90 Å². The summed E-state index contributed by atoms with van der Waals surface area (Å²) in [5.74, 6) is -0.385. The third kappa shape index (κ3) is 3.91. The lowest BCUT2D eigenvalue weighted by molar-refractivity contribution is 0.0360. The molecular weight excluding hydrogens is 334 g/mol. The molecule has 0 aromatic heterocycles. The van der Waals surface area contributed by atoms with E-state index in [1.807, 2.05) is 44.3 Å². The molecule has 0 amide bonds. The van der Waals surface area contributed by atoms with E-state index >= 15 is 0 Å². The van der Waals surface area contributed by atoms with Crippen molar-refractivity contribution in [2.75, 3.05) is 27.9 Å². The van der Waals surface area contributed by atoms with Crippen molar-refractivity contribution in [3.8, 4) is 17.2 Å². The van der Waals surface area contributed by atoms with Crippen molar-refractivity contribution in [2.45, 2.75) is 18.9 Å².